The van der Waals surface area contributed by atoms with Crippen LogP contribution in [0.25, 0.3) is 44.4 Å². The number of hydrogen-bond donors (Lipinski definition) is 0. The number of fused-ring (bicyclic) bond motifs is 3. The molecule has 0 fully saturated rings. The van der Waals surface area contributed by atoms with Crippen molar-refractivity contribution in [2.45, 2.75) is 0 Å². The van der Waals surface area contributed by atoms with Crippen molar-refractivity contribution in [3.05, 3.63) is 98.4 Å². The predicted molar refractivity (Wildman–Crippen MR) is 115 cm³/mol. The fourth-order valence-corrected chi connectivity index (χ4v) is 3.67. The maximum Gasteiger partial charge on any atom is 0.348 e. The Bertz CT molecular complexity index is 1480. The van der Waals surface area contributed by atoms with Crippen LogP contribution in [-0.4, -0.2) is 4.92 Å². The highest BCUT2D eigenvalue weighted by molar-refractivity contribution is 6.30. The molecule has 7 heteroatoms. The zero-order valence-corrected chi connectivity index (χ0v) is 16.1. The van der Waals surface area contributed by atoms with Gasteiger partial charge in [0.15, 0.2) is 0 Å². The van der Waals surface area contributed by atoms with Crippen molar-refractivity contribution in [2.24, 2.45) is 0 Å². The molecule has 30 heavy (non-hydrogen) atoms. The van der Waals surface area contributed by atoms with Crippen LogP contribution in [0.2, 0.25) is 5.02 Å². The van der Waals surface area contributed by atoms with Crippen LogP contribution in [0.3, 0.4) is 0 Å². The summed E-state index contributed by atoms with van der Waals surface area (Å²) >= 11 is 6.02. The molecule has 0 saturated carbocycles. The van der Waals surface area contributed by atoms with Crippen LogP contribution in [-0.2, 0) is 0 Å². The van der Waals surface area contributed by atoms with Gasteiger partial charge in [0.2, 0.25) is 0 Å². The number of nitro benzene ring substituents is 1. The number of benzene rings is 3. The van der Waals surface area contributed by atoms with Gasteiger partial charge in [-0.1, -0.05) is 41.9 Å². The maximum absolute atomic E-state index is 12.9. The molecule has 5 aromatic rings. The molecule has 6 nitrogen and oxygen atoms in total. The highest BCUT2D eigenvalue weighted by atomic mass is 35.5. The summed E-state index contributed by atoms with van der Waals surface area (Å²) in [6.07, 6.45) is 0. The van der Waals surface area contributed by atoms with Crippen LogP contribution < -0.4 is 5.63 Å². The summed E-state index contributed by atoms with van der Waals surface area (Å²) in [7, 11) is 0. The van der Waals surface area contributed by atoms with Gasteiger partial charge in [0.1, 0.15) is 22.5 Å². The van der Waals surface area contributed by atoms with Gasteiger partial charge in [0.05, 0.1) is 4.92 Å². The monoisotopic (exact) mass is 417 g/mol. The third-order valence-electron chi connectivity index (χ3n) is 4.90. The smallest absolute Gasteiger partial charge is 0.348 e. The van der Waals surface area contributed by atoms with E-state index in [1.165, 1.54) is 18.2 Å². The van der Waals surface area contributed by atoms with Gasteiger partial charge >= 0.3 is 5.63 Å². The summed E-state index contributed by atoms with van der Waals surface area (Å²) in [6, 6.07) is 20.3. The number of halogens is 1. The van der Waals surface area contributed by atoms with Gasteiger partial charge in [-0.15, -0.1) is 0 Å². The van der Waals surface area contributed by atoms with Crippen LogP contribution in [0, 0.1) is 10.1 Å². The van der Waals surface area contributed by atoms with Crippen molar-refractivity contribution < 1.29 is 13.8 Å². The lowest BCUT2D eigenvalue weighted by Gasteiger charge is -2.02. The van der Waals surface area contributed by atoms with E-state index in [0.29, 0.717) is 38.4 Å². The van der Waals surface area contributed by atoms with Crippen molar-refractivity contribution in [1.82, 2.24) is 0 Å². The van der Waals surface area contributed by atoms with Gasteiger partial charge in [0.25, 0.3) is 5.69 Å². The first-order chi connectivity index (χ1) is 14.5. The zero-order chi connectivity index (χ0) is 20.8. The first-order valence-corrected chi connectivity index (χ1v) is 9.40. The molecule has 0 unspecified atom stereocenters. The maximum atomic E-state index is 12.9. The third kappa shape index (κ3) is 2.86. The van der Waals surface area contributed by atoms with E-state index in [1.807, 2.05) is 30.3 Å². The minimum Gasteiger partial charge on any atom is -0.454 e. The van der Waals surface area contributed by atoms with Gasteiger partial charge in [-0.25, -0.2) is 4.79 Å². The highest BCUT2D eigenvalue weighted by Gasteiger charge is 2.24. The Labute approximate surface area is 174 Å². The van der Waals surface area contributed by atoms with E-state index in [1.54, 1.807) is 24.3 Å². The Morgan fingerprint density at radius 3 is 2.17 bits per heavy atom. The zero-order valence-electron chi connectivity index (χ0n) is 15.3. The van der Waals surface area contributed by atoms with Crippen LogP contribution in [0.15, 0.2) is 86.4 Å². The number of furan rings is 1. The second-order valence-electron chi connectivity index (χ2n) is 6.71. The predicted octanol–water partition coefficient (Wildman–Crippen LogP) is 6.43. The topological polar surface area (TPSA) is 86.5 Å². The Morgan fingerprint density at radius 2 is 1.47 bits per heavy atom. The van der Waals surface area contributed by atoms with E-state index in [9.17, 15) is 14.9 Å². The molecule has 0 aliphatic rings. The van der Waals surface area contributed by atoms with Crippen molar-refractivity contribution in [2.75, 3.05) is 0 Å². The molecule has 3 aromatic carbocycles. The van der Waals surface area contributed by atoms with Crippen molar-refractivity contribution in [3.63, 3.8) is 0 Å². The molecule has 0 spiro atoms. The molecule has 5 rings (SSSR count). The lowest BCUT2D eigenvalue weighted by atomic mass is 10.0. The molecule has 146 valence electrons. The van der Waals surface area contributed by atoms with Crippen LogP contribution in [0.1, 0.15) is 0 Å². The first-order valence-electron chi connectivity index (χ1n) is 9.02. The molecule has 2 heterocycles. The minimum atomic E-state index is -0.575. The summed E-state index contributed by atoms with van der Waals surface area (Å²) in [5, 5.41) is 13.0. The Hall–Kier alpha value is -3.90. The summed E-state index contributed by atoms with van der Waals surface area (Å²) in [5.41, 5.74) is 0.940. The van der Waals surface area contributed by atoms with Crippen LogP contribution in [0.5, 0.6) is 0 Å². The summed E-state index contributed by atoms with van der Waals surface area (Å²) in [4.78, 5) is 23.8. The number of hydrogen-bond acceptors (Lipinski definition) is 5. The molecular formula is C23H12ClNO5. The molecule has 0 aliphatic carbocycles. The van der Waals surface area contributed by atoms with E-state index in [-0.39, 0.29) is 16.7 Å². The molecule has 2 aromatic heterocycles. The van der Waals surface area contributed by atoms with Gasteiger partial charge in [-0.05, 0) is 30.3 Å². The van der Waals surface area contributed by atoms with Gasteiger partial charge in [-0.2, -0.15) is 0 Å². The first kappa shape index (κ1) is 18.1. The van der Waals surface area contributed by atoms with Crippen molar-refractivity contribution >= 4 is 39.0 Å². The summed E-state index contributed by atoms with van der Waals surface area (Å²) in [5.74, 6) is 0.761. The average molecular weight is 418 g/mol. The number of nitrogens with zero attached hydrogens (tertiary/aromatic N) is 1. The Morgan fingerprint density at radius 1 is 0.800 bits per heavy atom. The number of rotatable bonds is 3. The molecule has 0 bridgehead atoms. The van der Waals surface area contributed by atoms with Gasteiger partial charge < -0.3 is 8.83 Å². The Balaban J connectivity index is 1.97. The normalized spacial score (nSPS) is 11.2. The minimum absolute atomic E-state index is 0.109. The average Bonchev–Trinajstić information content (AvgIpc) is 3.16. The Kier molecular flexibility index (Phi) is 4.15. The van der Waals surface area contributed by atoms with E-state index in [4.69, 9.17) is 20.4 Å². The largest absolute Gasteiger partial charge is 0.454 e. The lowest BCUT2D eigenvalue weighted by Crippen LogP contribution is -2.00. The molecule has 0 aliphatic heterocycles. The second kappa shape index (κ2) is 6.86. The molecule has 0 atom stereocenters. The molecule has 0 amide bonds. The van der Waals surface area contributed by atoms with Gasteiger partial charge in [0, 0.05) is 39.1 Å². The van der Waals surface area contributed by atoms with Crippen LogP contribution in [0.4, 0.5) is 5.69 Å². The quantitative estimate of drug-likeness (QED) is 0.191. The van der Waals surface area contributed by atoms with E-state index >= 15 is 0 Å². The van der Waals surface area contributed by atoms with Crippen molar-refractivity contribution in [1.29, 1.82) is 0 Å². The molecule has 0 N–H and O–H groups in total. The van der Waals surface area contributed by atoms with Crippen LogP contribution >= 0.6 is 11.6 Å². The van der Waals surface area contributed by atoms with Gasteiger partial charge in [-0.3, -0.25) is 10.1 Å². The standard InChI is InChI=1S/C23H12ClNO5/c24-15-8-6-14(7-9-15)21-19-17-12-16(25(27)28)10-11-18(17)29-23(26)20(19)22(30-21)13-4-2-1-3-5-13/h1-12H. The van der Waals surface area contributed by atoms with E-state index < -0.39 is 10.5 Å². The number of nitro groups is 1. The summed E-state index contributed by atoms with van der Waals surface area (Å²) in [6.45, 7) is 0. The molecular weight excluding hydrogens is 406 g/mol. The van der Waals surface area contributed by atoms with Crippen molar-refractivity contribution in [3.8, 4) is 22.6 Å². The SMILES string of the molecule is O=c1oc2ccc([N+](=O)[O-])cc2c2c(-c3ccc(Cl)cc3)oc(-c3ccccc3)c12. The number of non-ortho nitro benzene ring substituents is 1. The lowest BCUT2D eigenvalue weighted by molar-refractivity contribution is -0.384. The fourth-order valence-electron chi connectivity index (χ4n) is 3.55. The molecule has 0 radical (unpaired) electrons. The fraction of sp³-hybridized carbons (Fsp3) is 0. The second-order valence-corrected chi connectivity index (χ2v) is 7.15. The van der Waals surface area contributed by atoms with E-state index in [2.05, 4.69) is 0 Å². The third-order valence-corrected chi connectivity index (χ3v) is 5.15. The summed E-state index contributed by atoms with van der Waals surface area (Å²) < 4.78 is 11.7. The highest BCUT2D eigenvalue weighted by Crippen LogP contribution is 2.41. The van der Waals surface area contributed by atoms with E-state index in [0.717, 1.165) is 0 Å². The molecule has 0 saturated heterocycles.